The lowest BCUT2D eigenvalue weighted by Gasteiger charge is -2.22. The molecule has 3 N–H and O–H groups in total. The summed E-state index contributed by atoms with van der Waals surface area (Å²) in [7, 11) is 0. The van der Waals surface area contributed by atoms with Crippen molar-refractivity contribution in [1.82, 2.24) is 14.5 Å². The van der Waals surface area contributed by atoms with Crippen molar-refractivity contribution in [3.8, 4) is 11.8 Å². The number of halogens is 1. The van der Waals surface area contributed by atoms with Gasteiger partial charge in [0, 0.05) is 5.69 Å². The number of aromatic nitrogens is 3. The first-order valence-corrected chi connectivity index (χ1v) is 9.98. The highest BCUT2D eigenvalue weighted by Gasteiger charge is 2.20. The standard InChI is InChI=1S/C23H19ClN6O/c1-13-6-3-4-9-18(13)30-19(10-15-7-5-8-17(24)20(15)22(30)31)14(2)28-21-16(11-25)12-27-23(26)29-21/h3-10,12,14H,1-2H3,(H3,26,27,28,29). The van der Waals surface area contributed by atoms with E-state index in [1.54, 1.807) is 10.6 Å². The molecule has 2 aromatic heterocycles. The average Bonchev–Trinajstić information content (AvgIpc) is 2.74. The molecule has 0 aliphatic heterocycles. The summed E-state index contributed by atoms with van der Waals surface area (Å²) in [6, 6.07) is 16.6. The van der Waals surface area contributed by atoms with E-state index in [4.69, 9.17) is 17.3 Å². The van der Waals surface area contributed by atoms with Crippen LogP contribution in [0, 0.1) is 18.3 Å². The van der Waals surface area contributed by atoms with Crippen molar-refractivity contribution < 1.29 is 0 Å². The zero-order valence-corrected chi connectivity index (χ0v) is 17.7. The summed E-state index contributed by atoms with van der Waals surface area (Å²) in [5.74, 6) is 0.354. The fourth-order valence-corrected chi connectivity index (χ4v) is 3.85. The molecule has 0 aliphatic carbocycles. The van der Waals surface area contributed by atoms with Gasteiger partial charge < -0.3 is 11.1 Å². The van der Waals surface area contributed by atoms with E-state index < -0.39 is 6.04 Å². The van der Waals surface area contributed by atoms with Crippen molar-refractivity contribution in [3.63, 3.8) is 0 Å². The van der Waals surface area contributed by atoms with Crippen molar-refractivity contribution in [3.05, 3.63) is 86.9 Å². The summed E-state index contributed by atoms with van der Waals surface area (Å²) in [5, 5.41) is 14.2. The van der Waals surface area contributed by atoms with E-state index in [0.29, 0.717) is 21.9 Å². The van der Waals surface area contributed by atoms with Crippen LogP contribution in [0.3, 0.4) is 0 Å². The first-order chi connectivity index (χ1) is 14.9. The number of aryl methyl sites for hydroxylation is 1. The Morgan fingerprint density at radius 3 is 2.74 bits per heavy atom. The van der Waals surface area contributed by atoms with E-state index >= 15 is 0 Å². The number of anilines is 2. The van der Waals surface area contributed by atoms with E-state index in [1.807, 2.05) is 56.3 Å². The Kier molecular flexibility index (Phi) is 5.32. The summed E-state index contributed by atoms with van der Waals surface area (Å²) in [4.78, 5) is 21.6. The molecule has 4 aromatic rings. The Morgan fingerprint density at radius 2 is 2.00 bits per heavy atom. The molecule has 1 unspecified atom stereocenters. The van der Waals surface area contributed by atoms with Gasteiger partial charge in [-0.3, -0.25) is 9.36 Å². The zero-order chi connectivity index (χ0) is 22.1. The number of nitrogen functional groups attached to an aromatic ring is 1. The van der Waals surface area contributed by atoms with Gasteiger partial charge in [-0.1, -0.05) is 41.9 Å². The maximum absolute atomic E-state index is 13.6. The molecular formula is C23H19ClN6O. The van der Waals surface area contributed by atoms with Crippen molar-refractivity contribution in [2.75, 3.05) is 11.1 Å². The smallest absolute Gasteiger partial charge is 0.264 e. The predicted octanol–water partition coefficient (Wildman–Crippen LogP) is 4.37. The number of benzene rings is 2. The van der Waals surface area contributed by atoms with Crippen molar-refractivity contribution in [1.29, 1.82) is 5.26 Å². The van der Waals surface area contributed by atoms with Gasteiger partial charge in [0.25, 0.3) is 5.56 Å². The van der Waals surface area contributed by atoms with Crippen LogP contribution < -0.4 is 16.6 Å². The molecule has 4 rings (SSSR count). The first-order valence-electron chi connectivity index (χ1n) is 9.60. The van der Waals surface area contributed by atoms with Crippen LogP contribution in [0.2, 0.25) is 5.02 Å². The minimum absolute atomic E-state index is 0.0512. The van der Waals surface area contributed by atoms with Gasteiger partial charge in [-0.05, 0) is 43.0 Å². The molecule has 31 heavy (non-hydrogen) atoms. The number of pyridine rings is 1. The Labute approximate surface area is 183 Å². The molecule has 2 aromatic carbocycles. The van der Waals surface area contributed by atoms with Crippen LogP contribution in [0.25, 0.3) is 16.5 Å². The van der Waals surface area contributed by atoms with Gasteiger partial charge in [-0.25, -0.2) is 4.98 Å². The largest absolute Gasteiger partial charge is 0.368 e. The molecule has 1 atom stereocenters. The first kappa shape index (κ1) is 20.4. The SMILES string of the molecule is Cc1ccccc1-n1c(C(C)Nc2nc(N)ncc2C#N)cc2cccc(Cl)c2c1=O. The summed E-state index contributed by atoms with van der Waals surface area (Å²) in [6.07, 6.45) is 1.37. The fourth-order valence-electron chi connectivity index (χ4n) is 3.59. The Bertz CT molecular complexity index is 1410. The lowest BCUT2D eigenvalue weighted by molar-refractivity contribution is 0.770. The molecule has 2 heterocycles. The maximum Gasteiger partial charge on any atom is 0.264 e. The van der Waals surface area contributed by atoms with Crippen LogP contribution in [0.4, 0.5) is 11.8 Å². The van der Waals surface area contributed by atoms with Crippen LogP contribution >= 0.6 is 11.6 Å². The Hall–Kier alpha value is -3.89. The van der Waals surface area contributed by atoms with E-state index in [9.17, 15) is 10.1 Å². The highest BCUT2D eigenvalue weighted by atomic mass is 35.5. The normalized spacial score (nSPS) is 11.8. The summed E-state index contributed by atoms with van der Waals surface area (Å²) in [6.45, 7) is 3.83. The number of nitrogens with one attached hydrogen (secondary N) is 1. The van der Waals surface area contributed by atoms with Gasteiger partial charge in [0.05, 0.1) is 28.3 Å². The van der Waals surface area contributed by atoms with Gasteiger partial charge in [-0.2, -0.15) is 10.2 Å². The third-order valence-electron chi connectivity index (χ3n) is 5.11. The quantitative estimate of drug-likeness (QED) is 0.497. The second-order valence-corrected chi connectivity index (χ2v) is 7.58. The monoisotopic (exact) mass is 430 g/mol. The van der Waals surface area contributed by atoms with E-state index in [2.05, 4.69) is 21.4 Å². The predicted molar refractivity (Wildman–Crippen MR) is 122 cm³/mol. The summed E-state index contributed by atoms with van der Waals surface area (Å²) >= 11 is 6.38. The topological polar surface area (TPSA) is 110 Å². The summed E-state index contributed by atoms with van der Waals surface area (Å²) < 4.78 is 1.65. The Morgan fingerprint density at radius 1 is 1.23 bits per heavy atom. The molecule has 0 radical (unpaired) electrons. The number of nitriles is 1. The molecular weight excluding hydrogens is 412 g/mol. The van der Waals surface area contributed by atoms with Gasteiger partial charge in [0.1, 0.15) is 17.5 Å². The second-order valence-electron chi connectivity index (χ2n) is 7.17. The third-order valence-corrected chi connectivity index (χ3v) is 5.42. The maximum atomic E-state index is 13.6. The number of rotatable bonds is 4. The minimum atomic E-state index is -0.392. The van der Waals surface area contributed by atoms with E-state index in [0.717, 1.165) is 16.6 Å². The van der Waals surface area contributed by atoms with Crippen LogP contribution in [0.5, 0.6) is 0 Å². The molecule has 0 bridgehead atoms. The molecule has 7 nitrogen and oxygen atoms in total. The van der Waals surface area contributed by atoms with Crippen molar-refractivity contribution in [2.45, 2.75) is 19.9 Å². The van der Waals surface area contributed by atoms with Crippen LogP contribution in [-0.2, 0) is 0 Å². The van der Waals surface area contributed by atoms with Gasteiger partial charge in [-0.15, -0.1) is 0 Å². The van der Waals surface area contributed by atoms with E-state index in [-0.39, 0.29) is 17.1 Å². The number of hydrogen-bond donors (Lipinski definition) is 2. The lowest BCUT2D eigenvalue weighted by Crippen LogP contribution is -2.26. The highest BCUT2D eigenvalue weighted by Crippen LogP contribution is 2.28. The molecule has 0 saturated carbocycles. The van der Waals surface area contributed by atoms with Crippen molar-refractivity contribution in [2.24, 2.45) is 0 Å². The minimum Gasteiger partial charge on any atom is -0.368 e. The second kappa shape index (κ2) is 8.09. The number of para-hydroxylation sites is 1. The number of hydrogen-bond acceptors (Lipinski definition) is 6. The fraction of sp³-hybridized carbons (Fsp3) is 0.130. The lowest BCUT2D eigenvalue weighted by atomic mass is 10.1. The van der Waals surface area contributed by atoms with Crippen molar-refractivity contribution >= 4 is 34.1 Å². The third kappa shape index (κ3) is 3.69. The molecule has 8 heteroatoms. The molecule has 154 valence electrons. The van der Waals surface area contributed by atoms with Gasteiger partial charge in [0.2, 0.25) is 5.95 Å². The molecule has 0 saturated heterocycles. The number of fused-ring (bicyclic) bond motifs is 1. The average molecular weight is 431 g/mol. The van der Waals surface area contributed by atoms with Gasteiger partial charge in [0.15, 0.2) is 0 Å². The number of nitrogens with two attached hydrogens (primary N) is 1. The summed E-state index contributed by atoms with van der Waals surface area (Å²) in [5.41, 5.74) is 8.13. The highest BCUT2D eigenvalue weighted by molar-refractivity contribution is 6.35. The van der Waals surface area contributed by atoms with Crippen LogP contribution in [0.15, 0.2) is 59.5 Å². The molecule has 0 fully saturated rings. The van der Waals surface area contributed by atoms with Gasteiger partial charge >= 0.3 is 0 Å². The number of nitrogens with zero attached hydrogens (tertiary/aromatic N) is 4. The van der Waals surface area contributed by atoms with Crippen LogP contribution in [0.1, 0.15) is 29.8 Å². The molecule has 0 amide bonds. The van der Waals surface area contributed by atoms with Crippen LogP contribution in [-0.4, -0.2) is 14.5 Å². The Balaban J connectivity index is 1.96. The zero-order valence-electron chi connectivity index (χ0n) is 16.9. The molecule has 0 spiro atoms. The van der Waals surface area contributed by atoms with E-state index in [1.165, 1.54) is 6.20 Å². The molecule has 0 aliphatic rings.